The number of rotatable bonds is 13. The van der Waals surface area contributed by atoms with Crippen LogP contribution in [0.25, 0.3) is 0 Å². The number of fused-ring (bicyclic) bond motifs is 1. The van der Waals surface area contributed by atoms with Crippen LogP contribution in [0.2, 0.25) is 0 Å². The second-order valence-corrected chi connectivity index (χ2v) is 11.9. The molecular formula is C34H36ClN3O7. The monoisotopic (exact) mass is 633 g/mol. The number of amides is 4. The van der Waals surface area contributed by atoms with Crippen LogP contribution in [-0.2, 0) is 15.0 Å². The van der Waals surface area contributed by atoms with Gasteiger partial charge in [0, 0.05) is 24.1 Å². The minimum atomic E-state index is -1.00. The molecule has 45 heavy (non-hydrogen) atoms. The third-order valence-corrected chi connectivity index (χ3v) is 8.50. The average Bonchev–Trinajstić information content (AvgIpc) is 3.29. The molecule has 236 valence electrons. The van der Waals surface area contributed by atoms with Gasteiger partial charge in [-0.15, -0.1) is 11.6 Å². The molecule has 11 heteroatoms. The van der Waals surface area contributed by atoms with Crippen molar-refractivity contribution in [1.82, 2.24) is 10.2 Å². The average molecular weight is 634 g/mol. The van der Waals surface area contributed by atoms with E-state index in [1.807, 2.05) is 48.5 Å². The molecule has 2 atom stereocenters. The van der Waals surface area contributed by atoms with Gasteiger partial charge in [-0.3, -0.25) is 29.4 Å². The molecule has 2 aliphatic heterocycles. The summed E-state index contributed by atoms with van der Waals surface area (Å²) in [5.74, 6) is -0.597. The van der Waals surface area contributed by atoms with Gasteiger partial charge in [-0.1, -0.05) is 44.2 Å². The first-order chi connectivity index (χ1) is 21.6. The number of nitrogens with zero attached hydrogens (tertiary/aromatic N) is 1. The smallest absolute Gasteiger partial charge is 0.264 e. The summed E-state index contributed by atoms with van der Waals surface area (Å²) < 4.78 is 11.5. The number of anilines is 1. The van der Waals surface area contributed by atoms with E-state index in [-0.39, 0.29) is 41.9 Å². The molecule has 5 rings (SSSR count). The van der Waals surface area contributed by atoms with Gasteiger partial charge in [0.05, 0.1) is 23.6 Å². The molecule has 4 amide bonds. The van der Waals surface area contributed by atoms with Crippen LogP contribution in [0, 0.1) is 0 Å². The number of nitrogens with one attached hydrogen (secondary N) is 2. The molecule has 10 nitrogen and oxygen atoms in total. The first-order valence-electron chi connectivity index (χ1n) is 14.9. The van der Waals surface area contributed by atoms with E-state index in [4.69, 9.17) is 21.1 Å². The standard InChI is InChI=1S/C34H36ClN3O7/c1-34(2,22-9-13-25(14-10-22)45-20-23(39)19-35)21-7-11-24(12-8-21)44-18-4-17-36-27-6-3-5-26-30(27)33(43)38(32(26)42)28-15-16-29(40)37-31(28)41/h3,5-14,23,28,36,39H,4,15-20H2,1-2H3,(H,37,40,41). The summed E-state index contributed by atoms with van der Waals surface area (Å²) >= 11 is 5.62. The van der Waals surface area contributed by atoms with Crippen molar-refractivity contribution >= 4 is 40.9 Å². The molecule has 0 spiro atoms. The maximum atomic E-state index is 13.2. The first-order valence-corrected chi connectivity index (χ1v) is 15.4. The highest BCUT2D eigenvalue weighted by Crippen LogP contribution is 2.34. The van der Waals surface area contributed by atoms with Crippen LogP contribution in [0.15, 0.2) is 66.7 Å². The van der Waals surface area contributed by atoms with Crippen molar-refractivity contribution in [3.63, 3.8) is 0 Å². The van der Waals surface area contributed by atoms with Gasteiger partial charge in [-0.25, -0.2) is 0 Å². The van der Waals surface area contributed by atoms with Crippen molar-refractivity contribution < 1.29 is 33.8 Å². The first kappa shape index (κ1) is 32.0. The van der Waals surface area contributed by atoms with Crippen molar-refractivity contribution in [3.8, 4) is 11.5 Å². The van der Waals surface area contributed by atoms with Crippen molar-refractivity contribution in [2.75, 3.05) is 31.0 Å². The summed E-state index contributed by atoms with van der Waals surface area (Å²) in [6, 6.07) is 19.7. The van der Waals surface area contributed by atoms with Gasteiger partial charge >= 0.3 is 0 Å². The number of alkyl halides is 1. The summed E-state index contributed by atoms with van der Waals surface area (Å²) in [6.07, 6.45) is 0.107. The third-order valence-electron chi connectivity index (χ3n) is 8.15. The summed E-state index contributed by atoms with van der Waals surface area (Å²) in [5, 5.41) is 15.0. The summed E-state index contributed by atoms with van der Waals surface area (Å²) in [6.45, 7) is 5.35. The number of imide groups is 2. The van der Waals surface area contributed by atoms with Crippen LogP contribution in [0.3, 0.4) is 0 Å². The van der Waals surface area contributed by atoms with Crippen molar-refractivity contribution in [1.29, 1.82) is 0 Å². The lowest BCUT2D eigenvalue weighted by Crippen LogP contribution is -2.54. The van der Waals surface area contributed by atoms with Crippen molar-refractivity contribution in [2.24, 2.45) is 0 Å². The Balaban J connectivity index is 1.12. The maximum absolute atomic E-state index is 13.2. The van der Waals surface area contributed by atoms with Crippen LogP contribution in [-0.4, -0.2) is 71.4 Å². The number of benzene rings is 3. The van der Waals surface area contributed by atoms with Crippen molar-refractivity contribution in [3.05, 3.63) is 89.0 Å². The lowest BCUT2D eigenvalue weighted by molar-refractivity contribution is -0.136. The lowest BCUT2D eigenvalue weighted by Gasteiger charge is -2.27. The van der Waals surface area contributed by atoms with Crippen molar-refractivity contribution in [2.45, 2.75) is 50.7 Å². The largest absolute Gasteiger partial charge is 0.494 e. The molecule has 0 aliphatic carbocycles. The topological polar surface area (TPSA) is 134 Å². The molecule has 0 saturated carbocycles. The zero-order valence-corrected chi connectivity index (χ0v) is 25.9. The highest BCUT2D eigenvalue weighted by atomic mass is 35.5. The van der Waals surface area contributed by atoms with Gasteiger partial charge < -0.3 is 19.9 Å². The Morgan fingerprint density at radius 1 is 0.956 bits per heavy atom. The fourth-order valence-corrected chi connectivity index (χ4v) is 5.58. The molecule has 2 aliphatic rings. The van der Waals surface area contributed by atoms with Gasteiger partial charge in [0.25, 0.3) is 11.8 Å². The molecular weight excluding hydrogens is 598 g/mol. The van der Waals surface area contributed by atoms with Crippen LogP contribution in [0.4, 0.5) is 5.69 Å². The molecule has 0 aromatic heterocycles. The van der Waals surface area contributed by atoms with E-state index in [0.29, 0.717) is 31.0 Å². The van der Waals surface area contributed by atoms with E-state index >= 15 is 0 Å². The van der Waals surface area contributed by atoms with E-state index in [0.717, 1.165) is 21.8 Å². The minimum Gasteiger partial charge on any atom is -0.494 e. The molecule has 1 saturated heterocycles. The summed E-state index contributed by atoms with van der Waals surface area (Å²) in [5.41, 5.74) is 2.95. The number of hydrogen-bond donors (Lipinski definition) is 3. The van der Waals surface area contributed by atoms with Gasteiger partial charge in [0.1, 0.15) is 30.3 Å². The quantitative estimate of drug-likeness (QED) is 0.144. The molecule has 0 bridgehead atoms. The third kappa shape index (κ3) is 6.97. The highest BCUT2D eigenvalue weighted by molar-refractivity contribution is 6.25. The van der Waals surface area contributed by atoms with Crippen LogP contribution < -0.4 is 20.1 Å². The second-order valence-electron chi connectivity index (χ2n) is 11.6. The molecule has 3 aromatic rings. The Morgan fingerprint density at radius 3 is 2.22 bits per heavy atom. The summed E-state index contributed by atoms with van der Waals surface area (Å²) in [7, 11) is 0. The van der Waals surface area contributed by atoms with Gasteiger partial charge in [0.15, 0.2) is 0 Å². The number of piperidine rings is 1. The highest BCUT2D eigenvalue weighted by Gasteiger charge is 2.45. The maximum Gasteiger partial charge on any atom is 0.264 e. The number of aliphatic hydroxyl groups excluding tert-OH is 1. The van der Waals surface area contributed by atoms with E-state index in [2.05, 4.69) is 24.5 Å². The zero-order valence-electron chi connectivity index (χ0n) is 25.2. The number of carbonyl (C=O) groups is 4. The second kappa shape index (κ2) is 13.7. The summed E-state index contributed by atoms with van der Waals surface area (Å²) in [4.78, 5) is 51.1. The zero-order chi connectivity index (χ0) is 32.1. The molecule has 0 radical (unpaired) electrons. The number of carbonyl (C=O) groups excluding carboxylic acids is 4. The Morgan fingerprint density at radius 2 is 1.60 bits per heavy atom. The fourth-order valence-electron chi connectivity index (χ4n) is 5.49. The Hall–Kier alpha value is -4.41. The predicted molar refractivity (Wildman–Crippen MR) is 169 cm³/mol. The molecule has 3 aromatic carbocycles. The van der Waals surface area contributed by atoms with E-state index in [1.54, 1.807) is 18.2 Å². The molecule has 2 unspecified atom stereocenters. The van der Waals surface area contributed by atoms with Crippen LogP contribution >= 0.6 is 11.6 Å². The van der Waals surface area contributed by atoms with E-state index in [9.17, 15) is 24.3 Å². The van der Waals surface area contributed by atoms with Crippen LogP contribution in [0.1, 0.15) is 65.0 Å². The van der Waals surface area contributed by atoms with E-state index < -0.39 is 35.8 Å². The lowest BCUT2D eigenvalue weighted by atomic mass is 9.78. The SMILES string of the molecule is CC(C)(c1ccc(OCCCNc2cccc3c2C(=O)N(C2CCC(=O)NC2=O)C3=O)cc1)c1ccc(OCC(O)CCl)cc1. The molecule has 2 heterocycles. The number of hydrogen-bond acceptors (Lipinski definition) is 8. The molecule has 3 N–H and O–H groups in total. The minimum absolute atomic E-state index is 0.0716. The Labute approximate surface area is 266 Å². The number of aliphatic hydroxyl groups is 1. The van der Waals surface area contributed by atoms with Gasteiger partial charge in [-0.2, -0.15) is 0 Å². The predicted octanol–water partition coefficient (Wildman–Crippen LogP) is 4.27. The molecule has 1 fully saturated rings. The Kier molecular flexibility index (Phi) is 9.74. The Bertz CT molecular complexity index is 1570. The van der Waals surface area contributed by atoms with Gasteiger partial charge in [0.2, 0.25) is 11.8 Å². The number of halogens is 1. The van der Waals surface area contributed by atoms with Crippen LogP contribution in [0.5, 0.6) is 11.5 Å². The fraction of sp³-hybridized carbons (Fsp3) is 0.353. The van der Waals surface area contributed by atoms with E-state index in [1.165, 1.54) is 0 Å². The number of ether oxygens (including phenoxy) is 2. The van der Waals surface area contributed by atoms with Gasteiger partial charge in [-0.05, 0) is 60.4 Å². The normalized spacial score (nSPS) is 17.2.